The number of benzene rings is 7. The molecule has 5 unspecified atom stereocenters. The van der Waals surface area contributed by atoms with Crippen LogP contribution in [0, 0.1) is 5.92 Å². The summed E-state index contributed by atoms with van der Waals surface area (Å²) in [4.78, 5) is 2.55. The Balaban J connectivity index is 1.21. The van der Waals surface area contributed by atoms with Gasteiger partial charge in [0.25, 0.3) is 0 Å². The molecule has 6 bridgehead atoms. The van der Waals surface area contributed by atoms with Crippen molar-refractivity contribution in [2.45, 2.75) is 43.3 Å². The van der Waals surface area contributed by atoms with Crippen LogP contribution in [0.4, 0.5) is 0 Å². The topological polar surface area (TPSA) is 25.1 Å². The molecule has 0 saturated carbocycles. The molecule has 2 aromatic heterocycles. The summed E-state index contributed by atoms with van der Waals surface area (Å²) in [5.41, 5.74) is 14.4. The molecule has 15 rings (SSSR count). The summed E-state index contributed by atoms with van der Waals surface area (Å²) in [5.74, 6) is 0.622. The van der Waals surface area contributed by atoms with Crippen LogP contribution in [0.1, 0.15) is 54.0 Å². The van der Waals surface area contributed by atoms with Gasteiger partial charge in [0.15, 0.2) is 0 Å². The Labute approximate surface area is 342 Å². The fourth-order valence-corrected chi connectivity index (χ4v) is 12.7. The summed E-state index contributed by atoms with van der Waals surface area (Å²) in [6.45, 7) is 2.49. The van der Waals surface area contributed by atoms with Crippen LogP contribution in [0.2, 0.25) is 0 Å². The first kappa shape index (κ1) is 32.2. The Hall–Kier alpha value is -6.78. The Morgan fingerprint density at radius 1 is 0.661 bits per heavy atom. The van der Waals surface area contributed by atoms with E-state index >= 15 is 0 Å². The summed E-state index contributed by atoms with van der Waals surface area (Å²) in [6.07, 6.45) is 12.1. The number of nitrogens with one attached hydrogen (secondary N) is 1. The molecule has 0 amide bonds. The lowest BCUT2D eigenvalue weighted by molar-refractivity contribution is 0.235. The molecule has 5 atom stereocenters. The Morgan fingerprint density at radius 2 is 1.39 bits per heavy atom. The minimum atomic E-state index is -0.213. The largest absolute Gasteiger partial charge is 0.371 e. The molecular weight excluding hydrogens is 717 g/mol. The Bertz CT molecular complexity index is 3530. The fraction of sp³-hybridized carbons (Fsp3) is 0.164. The molecule has 4 heteroatoms. The van der Waals surface area contributed by atoms with E-state index in [0.29, 0.717) is 11.8 Å². The van der Waals surface area contributed by atoms with Crippen LogP contribution in [0.3, 0.4) is 0 Å². The molecule has 6 aliphatic rings. The van der Waals surface area contributed by atoms with Crippen molar-refractivity contribution in [2.24, 2.45) is 5.92 Å². The summed E-state index contributed by atoms with van der Waals surface area (Å²) < 4.78 is 5.36. The van der Waals surface area contributed by atoms with Crippen LogP contribution in [-0.4, -0.2) is 27.2 Å². The van der Waals surface area contributed by atoms with E-state index in [1.165, 1.54) is 104 Å². The van der Waals surface area contributed by atoms with Crippen LogP contribution < -0.4 is 15.8 Å². The number of para-hydroxylation sites is 2. The van der Waals surface area contributed by atoms with Crippen molar-refractivity contribution in [1.29, 1.82) is 0 Å². The predicted octanol–water partition coefficient (Wildman–Crippen LogP) is 10.9. The Morgan fingerprint density at radius 3 is 2.22 bits per heavy atom. The zero-order valence-electron chi connectivity index (χ0n) is 33.2. The molecule has 0 fully saturated rings. The molecular formula is C55H42N4. The molecule has 7 aromatic carbocycles. The van der Waals surface area contributed by atoms with E-state index in [1.54, 1.807) is 0 Å². The van der Waals surface area contributed by atoms with Crippen LogP contribution in [-0.2, 0) is 5.41 Å². The quantitative estimate of drug-likeness (QED) is 0.180. The maximum Gasteiger partial charge on any atom is 0.105 e. The fourth-order valence-electron chi connectivity index (χ4n) is 12.7. The normalized spacial score (nSPS) is 23.6. The molecule has 1 N–H and O–H groups in total. The van der Waals surface area contributed by atoms with E-state index < -0.39 is 0 Å². The van der Waals surface area contributed by atoms with E-state index in [9.17, 15) is 0 Å². The van der Waals surface area contributed by atoms with Gasteiger partial charge in [0.2, 0.25) is 0 Å². The molecule has 9 aromatic rings. The average molecular weight is 759 g/mol. The zero-order chi connectivity index (χ0) is 38.7. The van der Waals surface area contributed by atoms with Crippen molar-refractivity contribution in [1.82, 2.24) is 19.4 Å². The molecule has 1 aliphatic carbocycles. The lowest BCUT2D eigenvalue weighted by Crippen LogP contribution is -2.47. The highest BCUT2D eigenvalue weighted by Gasteiger charge is 2.46. The number of rotatable bonds is 1. The van der Waals surface area contributed by atoms with Gasteiger partial charge < -0.3 is 19.4 Å². The molecule has 4 nitrogen and oxygen atoms in total. The molecule has 59 heavy (non-hydrogen) atoms. The van der Waals surface area contributed by atoms with Crippen LogP contribution in [0.15, 0.2) is 152 Å². The summed E-state index contributed by atoms with van der Waals surface area (Å²) in [5, 5.41) is 14.6. The van der Waals surface area contributed by atoms with Gasteiger partial charge in [-0.1, -0.05) is 140 Å². The van der Waals surface area contributed by atoms with Gasteiger partial charge in [-0.25, -0.2) is 0 Å². The summed E-state index contributed by atoms with van der Waals surface area (Å²) >= 11 is 0. The minimum Gasteiger partial charge on any atom is -0.371 e. The third kappa shape index (κ3) is 3.95. The number of fused-ring (bicyclic) bond motifs is 10. The first-order chi connectivity index (χ1) is 29.1. The van der Waals surface area contributed by atoms with Crippen molar-refractivity contribution in [3.63, 3.8) is 0 Å². The standard InChI is InChI=1S/C55H42N4/c1-55-31-34-14-10-18-37-38-27-26-36(50(33-12-4-3-5-13-33)57(2)54-41(38)28-29-56-54)32-22-24-35(25-23-32)58-46-21-9-8-17-42(46)48-39-15-6-7-16-40(39)49-43-19-11-20-45(55)51(43)59(53(49)52(48)58)47(55)30-44(34)37/h3-25,28-31,38,41,47,54,56H,26-27H2,1-2H3. The lowest BCUT2D eigenvalue weighted by Gasteiger charge is -2.41. The second-order valence-corrected chi connectivity index (χ2v) is 17.8. The maximum atomic E-state index is 3.85. The van der Waals surface area contributed by atoms with Gasteiger partial charge in [-0.05, 0) is 99.1 Å². The third-order valence-electron chi connectivity index (χ3n) is 15.1. The van der Waals surface area contributed by atoms with Crippen molar-refractivity contribution in [3.8, 4) is 5.69 Å². The van der Waals surface area contributed by atoms with Gasteiger partial charge in [0.05, 0.1) is 28.1 Å². The van der Waals surface area contributed by atoms with Crippen molar-refractivity contribution < 1.29 is 0 Å². The van der Waals surface area contributed by atoms with E-state index in [-0.39, 0.29) is 17.6 Å². The Kier molecular flexibility index (Phi) is 6.13. The van der Waals surface area contributed by atoms with Gasteiger partial charge in [-0.3, -0.25) is 0 Å². The minimum absolute atomic E-state index is 0.101. The summed E-state index contributed by atoms with van der Waals surface area (Å²) in [6, 6.07) is 53.3. The van der Waals surface area contributed by atoms with Gasteiger partial charge >= 0.3 is 0 Å². The monoisotopic (exact) mass is 758 g/mol. The molecule has 0 saturated heterocycles. The highest BCUT2D eigenvalue weighted by atomic mass is 15.3. The first-order valence-corrected chi connectivity index (χ1v) is 21.4. The van der Waals surface area contributed by atoms with E-state index in [4.69, 9.17) is 0 Å². The number of nitrogens with zero attached hydrogens (tertiary/aromatic N) is 3. The molecule has 282 valence electrons. The second kappa shape index (κ2) is 11.2. The molecule has 0 spiro atoms. The van der Waals surface area contributed by atoms with E-state index in [0.717, 1.165) is 12.8 Å². The second-order valence-electron chi connectivity index (χ2n) is 17.8. The summed E-state index contributed by atoms with van der Waals surface area (Å²) in [7, 11) is 2.31. The number of hydrogen-bond donors (Lipinski definition) is 1. The van der Waals surface area contributed by atoms with Crippen molar-refractivity contribution in [2.75, 3.05) is 7.05 Å². The van der Waals surface area contributed by atoms with E-state index in [1.807, 2.05) is 0 Å². The SMILES string of the molecule is CN1C(c2ccccc2)=C2CCC(c3cccc4c3=CC3n5c6c(cccc6c6c7ccccc7c7c8ccccc8n(c7c65)-c5ccc2cc5)C3(C)C=4)C2C=CNC21. The zero-order valence-corrected chi connectivity index (χ0v) is 33.2. The average Bonchev–Trinajstić information content (AvgIpc) is 4.03. The molecule has 0 radical (unpaired) electrons. The van der Waals surface area contributed by atoms with Gasteiger partial charge in [-0.15, -0.1) is 0 Å². The predicted molar refractivity (Wildman–Crippen MR) is 245 cm³/mol. The van der Waals surface area contributed by atoms with Gasteiger partial charge in [0.1, 0.15) is 6.17 Å². The van der Waals surface area contributed by atoms with Crippen LogP contribution in [0.5, 0.6) is 0 Å². The third-order valence-corrected chi connectivity index (χ3v) is 15.1. The van der Waals surface area contributed by atoms with Crippen molar-refractivity contribution in [3.05, 3.63) is 184 Å². The van der Waals surface area contributed by atoms with Crippen LogP contribution in [0.25, 0.3) is 83.5 Å². The van der Waals surface area contributed by atoms with E-state index in [2.05, 4.69) is 197 Å². The lowest BCUT2D eigenvalue weighted by atomic mass is 9.72. The molecule has 7 heterocycles. The first-order valence-electron chi connectivity index (χ1n) is 21.4. The number of aromatic nitrogens is 2. The number of hydrogen-bond acceptors (Lipinski definition) is 2. The van der Waals surface area contributed by atoms with Crippen LogP contribution >= 0.6 is 0 Å². The highest BCUT2D eigenvalue weighted by molar-refractivity contribution is 6.36. The molecule has 5 aliphatic heterocycles. The van der Waals surface area contributed by atoms with Gasteiger partial charge in [-0.2, -0.15) is 0 Å². The maximum absolute atomic E-state index is 3.85. The van der Waals surface area contributed by atoms with Gasteiger partial charge in [0, 0.05) is 51.3 Å². The smallest absolute Gasteiger partial charge is 0.105 e. The number of allylic oxidation sites excluding steroid dienone is 1. The highest BCUT2D eigenvalue weighted by Crippen LogP contribution is 2.56. The van der Waals surface area contributed by atoms with Crippen molar-refractivity contribution >= 4 is 77.8 Å².